The van der Waals surface area contributed by atoms with Gasteiger partial charge in [-0.1, -0.05) is 12.1 Å². The van der Waals surface area contributed by atoms with Gasteiger partial charge in [0.25, 0.3) is 0 Å². The van der Waals surface area contributed by atoms with Crippen LogP contribution in [0.5, 0.6) is 5.75 Å². The lowest BCUT2D eigenvalue weighted by Gasteiger charge is -2.27. The van der Waals surface area contributed by atoms with Gasteiger partial charge in [0.2, 0.25) is 0 Å². The van der Waals surface area contributed by atoms with Crippen LogP contribution >= 0.6 is 0 Å². The van der Waals surface area contributed by atoms with Gasteiger partial charge in [-0.15, -0.1) is 0 Å². The minimum absolute atomic E-state index is 0.160. The van der Waals surface area contributed by atoms with Crippen LogP contribution < -0.4 is 15.8 Å². The van der Waals surface area contributed by atoms with E-state index in [0.717, 1.165) is 18.2 Å². The van der Waals surface area contributed by atoms with Gasteiger partial charge in [0.1, 0.15) is 11.3 Å². The molecular formula is C13H19F3N2O. The Bertz CT molecular complexity index is 388. The number of ether oxygens (including phenoxy) is 1. The Labute approximate surface area is 110 Å². The molecule has 108 valence electrons. The molecule has 0 saturated carbocycles. The minimum atomic E-state index is -4.38. The third-order valence-electron chi connectivity index (χ3n) is 2.96. The maximum absolute atomic E-state index is 12.5. The normalized spacial score (nSPS) is 15.1. The van der Waals surface area contributed by atoms with Gasteiger partial charge < -0.3 is 15.8 Å². The Balaban J connectivity index is 2.34. The minimum Gasteiger partial charge on any atom is -0.497 e. The molecule has 0 aliphatic heterocycles. The average molecular weight is 276 g/mol. The molecule has 1 aromatic carbocycles. The van der Waals surface area contributed by atoms with Crippen molar-refractivity contribution in [2.75, 3.05) is 13.7 Å². The summed E-state index contributed by atoms with van der Waals surface area (Å²) in [5.74, 6) is 0.746. The first-order valence-electron chi connectivity index (χ1n) is 5.95. The van der Waals surface area contributed by atoms with E-state index in [1.165, 1.54) is 0 Å². The van der Waals surface area contributed by atoms with Crippen LogP contribution in [0.25, 0.3) is 0 Å². The summed E-state index contributed by atoms with van der Waals surface area (Å²) in [6.07, 6.45) is -4.54. The summed E-state index contributed by atoms with van der Waals surface area (Å²) in [7, 11) is 1.58. The molecule has 0 aliphatic rings. The van der Waals surface area contributed by atoms with E-state index in [9.17, 15) is 13.2 Å². The van der Waals surface area contributed by atoms with Crippen LogP contribution in [0.1, 0.15) is 18.9 Å². The zero-order chi connectivity index (χ0) is 14.5. The molecule has 0 bridgehead atoms. The summed E-state index contributed by atoms with van der Waals surface area (Å²) < 4.78 is 42.5. The summed E-state index contributed by atoms with van der Waals surface area (Å²) in [5.41, 5.74) is 4.06. The number of nitrogens with one attached hydrogen (secondary N) is 1. The van der Waals surface area contributed by atoms with E-state index in [1.807, 2.05) is 12.1 Å². The molecule has 1 unspecified atom stereocenters. The van der Waals surface area contributed by atoms with Gasteiger partial charge in [-0.3, -0.25) is 0 Å². The summed E-state index contributed by atoms with van der Waals surface area (Å²) in [6, 6.07) is 7.33. The van der Waals surface area contributed by atoms with Crippen LogP contribution in [0.3, 0.4) is 0 Å². The Kier molecular flexibility index (Phi) is 5.20. The van der Waals surface area contributed by atoms with Crippen molar-refractivity contribution in [3.05, 3.63) is 29.8 Å². The van der Waals surface area contributed by atoms with Gasteiger partial charge in [0, 0.05) is 6.54 Å². The first-order valence-corrected chi connectivity index (χ1v) is 5.95. The molecule has 0 aliphatic carbocycles. The van der Waals surface area contributed by atoms with Crippen molar-refractivity contribution in [2.24, 2.45) is 5.73 Å². The number of hydrogen-bond donors (Lipinski definition) is 2. The number of nitrogens with two attached hydrogens (primary N) is 1. The fraction of sp³-hybridized carbons (Fsp3) is 0.538. The van der Waals surface area contributed by atoms with Crippen molar-refractivity contribution >= 4 is 0 Å². The molecule has 6 heteroatoms. The molecule has 1 atom stereocenters. The Morgan fingerprint density at radius 1 is 1.21 bits per heavy atom. The van der Waals surface area contributed by atoms with E-state index < -0.39 is 11.7 Å². The number of rotatable bonds is 6. The lowest BCUT2D eigenvalue weighted by Crippen LogP contribution is -2.52. The molecule has 0 heterocycles. The molecule has 0 radical (unpaired) electrons. The first kappa shape index (κ1) is 15.8. The van der Waals surface area contributed by atoms with Gasteiger partial charge in [0.05, 0.1) is 7.11 Å². The van der Waals surface area contributed by atoms with E-state index in [-0.39, 0.29) is 13.0 Å². The highest BCUT2D eigenvalue weighted by atomic mass is 19.4. The lowest BCUT2D eigenvalue weighted by molar-refractivity contribution is -0.182. The van der Waals surface area contributed by atoms with E-state index in [2.05, 4.69) is 5.32 Å². The monoisotopic (exact) mass is 276 g/mol. The summed E-state index contributed by atoms with van der Waals surface area (Å²) in [6.45, 7) is 1.71. The van der Waals surface area contributed by atoms with Gasteiger partial charge in [-0.05, 0) is 37.6 Å². The van der Waals surface area contributed by atoms with Crippen LogP contribution in [-0.4, -0.2) is 25.4 Å². The van der Waals surface area contributed by atoms with Gasteiger partial charge in [-0.2, -0.15) is 13.2 Å². The van der Waals surface area contributed by atoms with E-state index in [0.29, 0.717) is 6.54 Å². The molecule has 3 nitrogen and oxygen atoms in total. The first-order chi connectivity index (χ1) is 8.76. The fourth-order valence-electron chi connectivity index (χ4n) is 1.47. The van der Waals surface area contributed by atoms with E-state index in [1.54, 1.807) is 19.2 Å². The fourth-order valence-corrected chi connectivity index (χ4v) is 1.47. The molecule has 0 amide bonds. The van der Waals surface area contributed by atoms with Crippen molar-refractivity contribution < 1.29 is 17.9 Å². The highest BCUT2D eigenvalue weighted by molar-refractivity contribution is 5.26. The predicted octanol–water partition coefficient (Wildman–Crippen LogP) is 2.45. The third kappa shape index (κ3) is 4.72. The number of alkyl halides is 3. The van der Waals surface area contributed by atoms with Crippen molar-refractivity contribution in [2.45, 2.75) is 31.6 Å². The SMILES string of the molecule is COc1ccc(CNCCC(C)(N)C(F)(F)F)cc1. The van der Waals surface area contributed by atoms with Crippen molar-refractivity contribution in [3.8, 4) is 5.75 Å². The largest absolute Gasteiger partial charge is 0.497 e. The Morgan fingerprint density at radius 2 is 1.79 bits per heavy atom. The predicted molar refractivity (Wildman–Crippen MR) is 68.0 cm³/mol. The quantitative estimate of drug-likeness (QED) is 0.785. The molecule has 19 heavy (non-hydrogen) atoms. The number of benzene rings is 1. The molecule has 0 aromatic heterocycles. The second-order valence-corrected chi connectivity index (χ2v) is 4.69. The summed E-state index contributed by atoms with van der Waals surface area (Å²) >= 11 is 0. The van der Waals surface area contributed by atoms with Crippen molar-refractivity contribution in [1.82, 2.24) is 5.32 Å². The van der Waals surface area contributed by atoms with Gasteiger partial charge >= 0.3 is 6.18 Å². The summed E-state index contributed by atoms with van der Waals surface area (Å²) in [4.78, 5) is 0. The molecule has 0 saturated heterocycles. The molecule has 0 spiro atoms. The molecule has 1 rings (SSSR count). The average Bonchev–Trinajstić information content (AvgIpc) is 2.34. The Morgan fingerprint density at radius 3 is 2.26 bits per heavy atom. The van der Waals surface area contributed by atoms with Crippen LogP contribution in [0.15, 0.2) is 24.3 Å². The molecular weight excluding hydrogens is 257 g/mol. The highest BCUT2D eigenvalue weighted by Crippen LogP contribution is 2.30. The second kappa shape index (κ2) is 6.25. The van der Waals surface area contributed by atoms with Crippen LogP contribution in [-0.2, 0) is 6.54 Å². The summed E-state index contributed by atoms with van der Waals surface area (Å²) in [5, 5.41) is 2.95. The van der Waals surface area contributed by atoms with Crippen molar-refractivity contribution in [3.63, 3.8) is 0 Å². The third-order valence-corrected chi connectivity index (χ3v) is 2.96. The lowest BCUT2D eigenvalue weighted by atomic mass is 9.99. The zero-order valence-electron chi connectivity index (χ0n) is 11.1. The Hall–Kier alpha value is -1.27. The van der Waals surface area contributed by atoms with E-state index >= 15 is 0 Å². The van der Waals surface area contributed by atoms with Crippen LogP contribution in [0.4, 0.5) is 13.2 Å². The molecule has 1 aromatic rings. The van der Waals surface area contributed by atoms with Crippen LogP contribution in [0.2, 0.25) is 0 Å². The topological polar surface area (TPSA) is 47.3 Å². The van der Waals surface area contributed by atoms with E-state index in [4.69, 9.17) is 10.5 Å². The standard InChI is InChI=1S/C13H19F3N2O/c1-12(17,13(14,15)16)7-8-18-9-10-3-5-11(19-2)6-4-10/h3-6,18H,7-9,17H2,1-2H3. The molecule has 3 N–H and O–H groups in total. The second-order valence-electron chi connectivity index (χ2n) is 4.69. The van der Waals surface area contributed by atoms with Crippen LogP contribution in [0, 0.1) is 0 Å². The maximum Gasteiger partial charge on any atom is 0.406 e. The highest BCUT2D eigenvalue weighted by Gasteiger charge is 2.47. The molecule has 0 fully saturated rings. The smallest absolute Gasteiger partial charge is 0.406 e. The van der Waals surface area contributed by atoms with Gasteiger partial charge in [0.15, 0.2) is 0 Å². The maximum atomic E-state index is 12.5. The van der Waals surface area contributed by atoms with Gasteiger partial charge in [-0.25, -0.2) is 0 Å². The number of methoxy groups -OCH3 is 1. The number of hydrogen-bond acceptors (Lipinski definition) is 3. The van der Waals surface area contributed by atoms with Crippen molar-refractivity contribution in [1.29, 1.82) is 0 Å². The zero-order valence-corrected chi connectivity index (χ0v) is 11.1. The number of halogens is 3.